The van der Waals surface area contributed by atoms with E-state index in [1.54, 1.807) is 0 Å². The summed E-state index contributed by atoms with van der Waals surface area (Å²) in [5.74, 6) is 0. The highest BCUT2D eigenvalue weighted by Crippen LogP contribution is 2.39. The lowest BCUT2D eigenvalue weighted by Gasteiger charge is -2.44. The third-order valence-electron chi connectivity index (χ3n) is 6.77. The molecule has 6 atom stereocenters. The van der Waals surface area contributed by atoms with E-state index in [0.717, 1.165) is 44.9 Å². The molecule has 4 heteroatoms. The molecule has 0 radical (unpaired) electrons. The van der Waals surface area contributed by atoms with E-state index in [-0.39, 0.29) is 58.7 Å². The Morgan fingerprint density at radius 3 is 1.12 bits per heavy atom. The number of hydrogen-bond donors (Lipinski definition) is 0. The molecule has 0 amide bonds. The molecule has 0 aliphatic carbocycles. The van der Waals surface area contributed by atoms with Crippen molar-refractivity contribution in [2.45, 2.75) is 165 Å². The average Bonchev–Trinajstić information content (AvgIpc) is 2.57. The van der Waals surface area contributed by atoms with Gasteiger partial charge in [-0.25, -0.2) is 0 Å². The van der Waals surface area contributed by atoms with Crippen LogP contribution in [0.15, 0.2) is 0 Å². The van der Waals surface area contributed by atoms with Gasteiger partial charge in [-0.3, -0.25) is 0 Å². The smallest absolute Gasteiger partial charge is 0.158 e. The molecule has 2 rings (SSSR count). The molecule has 4 nitrogen and oxygen atoms in total. The predicted octanol–water partition coefficient (Wildman–Crippen LogP) is 8.12. The maximum absolute atomic E-state index is 6.44. The molecule has 0 saturated carbocycles. The average molecular weight is 469 g/mol. The summed E-state index contributed by atoms with van der Waals surface area (Å²) in [5.41, 5.74) is 0.743. The van der Waals surface area contributed by atoms with Gasteiger partial charge in [0.1, 0.15) is 0 Å². The van der Waals surface area contributed by atoms with Crippen molar-refractivity contribution in [2.75, 3.05) is 0 Å². The Morgan fingerprint density at radius 2 is 0.848 bits per heavy atom. The first-order chi connectivity index (χ1) is 14.8. The molecule has 0 aromatic heterocycles. The summed E-state index contributed by atoms with van der Waals surface area (Å²) < 4.78 is 25.8. The molecule has 0 bridgehead atoms. The minimum absolute atomic E-state index is 0.119. The molecule has 6 unspecified atom stereocenters. The topological polar surface area (TPSA) is 36.9 Å². The van der Waals surface area contributed by atoms with Crippen LogP contribution < -0.4 is 0 Å². The maximum atomic E-state index is 6.44. The third kappa shape index (κ3) is 10.5. The van der Waals surface area contributed by atoms with Crippen molar-refractivity contribution < 1.29 is 18.9 Å². The Bertz CT molecular complexity index is 535. The Morgan fingerprint density at radius 1 is 0.515 bits per heavy atom. The van der Waals surface area contributed by atoms with E-state index in [1.807, 2.05) is 0 Å². The summed E-state index contributed by atoms with van der Waals surface area (Å²) in [6.45, 7) is 27.4. The van der Waals surface area contributed by atoms with E-state index < -0.39 is 0 Å². The normalized spacial score (nSPS) is 32.7. The molecule has 0 N–H and O–H groups in total. The Hall–Kier alpha value is -0.160. The quantitative estimate of drug-likeness (QED) is 0.394. The van der Waals surface area contributed by atoms with Crippen LogP contribution in [0.2, 0.25) is 0 Å². The van der Waals surface area contributed by atoms with Crippen molar-refractivity contribution in [1.29, 1.82) is 0 Å². The zero-order chi connectivity index (χ0) is 25.2. The van der Waals surface area contributed by atoms with E-state index in [4.69, 9.17) is 18.9 Å². The molecular weight excluding hydrogens is 412 g/mol. The fourth-order valence-corrected chi connectivity index (χ4v) is 5.03. The molecule has 2 fully saturated rings. The van der Waals surface area contributed by atoms with Crippen molar-refractivity contribution in [1.82, 2.24) is 0 Å². The van der Waals surface area contributed by atoms with Gasteiger partial charge in [-0.2, -0.15) is 0 Å². The summed E-state index contributed by atoms with van der Waals surface area (Å²) >= 11 is 0. The van der Waals surface area contributed by atoms with E-state index >= 15 is 0 Å². The van der Waals surface area contributed by atoms with Crippen LogP contribution in [0.25, 0.3) is 0 Å². The van der Waals surface area contributed by atoms with Gasteiger partial charge in [0.15, 0.2) is 12.6 Å². The van der Waals surface area contributed by atoms with Crippen LogP contribution in [0.5, 0.6) is 0 Å². The van der Waals surface area contributed by atoms with E-state index in [0.29, 0.717) is 0 Å². The highest BCUT2D eigenvalue weighted by Gasteiger charge is 2.40. The van der Waals surface area contributed by atoms with Gasteiger partial charge in [0.2, 0.25) is 0 Å². The third-order valence-corrected chi connectivity index (χ3v) is 6.77. The van der Waals surface area contributed by atoms with Gasteiger partial charge in [0.05, 0.1) is 24.4 Å². The Labute approximate surface area is 205 Å². The van der Waals surface area contributed by atoms with Gasteiger partial charge in [-0.05, 0) is 53.8 Å². The fourth-order valence-electron chi connectivity index (χ4n) is 5.03. The van der Waals surface area contributed by atoms with Crippen LogP contribution in [-0.2, 0) is 18.9 Å². The highest BCUT2D eigenvalue weighted by atomic mass is 16.7. The molecule has 0 spiro atoms. The standard InChI is InChI=1S/C29H56O4/c1-26(2,3)18-20-16-22(28(7,8)9)32-24(30-20)14-13-15-25-31-21(19-27(4,5)6)17-23(33-25)29(10,11)12/h20-25H,13-19H2,1-12H3. The van der Waals surface area contributed by atoms with E-state index in [9.17, 15) is 0 Å². The van der Waals surface area contributed by atoms with Crippen molar-refractivity contribution in [3.8, 4) is 0 Å². The summed E-state index contributed by atoms with van der Waals surface area (Å²) in [6, 6.07) is 0. The van der Waals surface area contributed by atoms with Crippen molar-refractivity contribution in [2.24, 2.45) is 21.7 Å². The molecule has 196 valence electrons. The Balaban J connectivity index is 1.96. The number of ether oxygens (including phenoxy) is 4. The summed E-state index contributed by atoms with van der Waals surface area (Å²) in [6.07, 6.45) is 7.56. The molecule has 2 saturated heterocycles. The minimum Gasteiger partial charge on any atom is -0.349 e. The largest absolute Gasteiger partial charge is 0.349 e. The second-order valence-corrected chi connectivity index (χ2v) is 15.3. The fraction of sp³-hybridized carbons (Fsp3) is 1.00. The summed E-state index contributed by atoms with van der Waals surface area (Å²) in [5, 5.41) is 0. The highest BCUT2D eigenvalue weighted by molar-refractivity contribution is 4.85. The van der Waals surface area contributed by atoms with Crippen LogP contribution in [-0.4, -0.2) is 37.0 Å². The van der Waals surface area contributed by atoms with Crippen LogP contribution in [0.4, 0.5) is 0 Å². The van der Waals surface area contributed by atoms with Crippen molar-refractivity contribution in [3.63, 3.8) is 0 Å². The lowest BCUT2D eigenvalue weighted by molar-refractivity contribution is -0.277. The number of hydrogen-bond acceptors (Lipinski definition) is 4. The zero-order valence-corrected chi connectivity index (χ0v) is 24.0. The summed E-state index contributed by atoms with van der Waals surface area (Å²) in [4.78, 5) is 0. The van der Waals surface area contributed by atoms with Gasteiger partial charge in [0, 0.05) is 12.8 Å². The van der Waals surface area contributed by atoms with Crippen LogP contribution in [0.3, 0.4) is 0 Å². The first-order valence-electron chi connectivity index (χ1n) is 13.4. The monoisotopic (exact) mass is 468 g/mol. The first-order valence-corrected chi connectivity index (χ1v) is 13.4. The SMILES string of the molecule is CC(C)(C)CC1CC(C(C)(C)C)OC(CCCC2OC(CC(C)(C)C)CC(C(C)(C)C)O2)O1. The summed E-state index contributed by atoms with van der Waals surface area (Å²) in [7, 11) is 0. The van der Waals surface area contributed by atoms with Crippen LogP contribution in [0.1, 0.15) is 128 Å². The van der Waals surface area contributed by atoms with Crippen molar-refractivity contribution >= 4 is 0 Å². The molecule has 2 heterocycles. The first kappa shape index (κ1) is 29.1. The molecule has 0 aromatic rings. The van der Waals surface area contributed by atoms with Gasteiger partial charge in [-0.1, -0.05) is 83.1 Å². The molecule has 0 aromatic carbocycles. The van der Waals surface area contributed by atoms with Crippen molar-refractivity contribution in [3.05, 3.63) is 0 Å². The van der Waals surface area contributed by atoms with Gasteiger partial charge < -0.3 is 18.9 Å². The van der Waals surface area contributed by atoms with E-state index in [2.05, 4.69) is 83.1 Å². The van der Waals surface area contributed by atoms with Gasteiger partial charge in [0.25, 0.3) is 0 Å². The molecule has 33 heavy (non-hydrogen) atoms. The lowest BCUT2D eigenvalue weighted by Crippen LogP contribution is -2.46. The molecule has 2 aliphatic rings. The Kier molecular flexibility index (Phi) is 9.56. The van der Waals surface area contributed by atoms with Crippen LogP contribution >= 0.6 is 0 Å². The maximum Gasteiger partial charge on any atom is 0.158 e. The molecular formula is C29H56O4. The van der Waals surface area contributed by atoms with Crippen LogP contribution in [0, 0.1) is 21.7 Å². The predicted molar refractivity (Wildman–Crippen MR) is 137 cm³/mol. The molecule has 2 aliphatic heterocycles. The minimum atomic E-state index is -0.136. The second-order valence-electron chi connectivity index (χ2n) is 15.3. The zero-order valence-electron chi connectivity index (χ0n) is 24.0. The van der Waals surface area contributed by atoms with Gasteiger partial charge in [-0.15, -0.1) is 0 Å². The second kappa shape index (κ2) is 10.8. The van der Waals surface area contributed by atoms with E-state index in [1.165, 1.54) is 0 Å². The number of rotatable bonds is 6. The van der Waals surface area contributed by atoms with Gasteiger partial charge >= 0.3 is 0 Å². The lowest BCUT2D eigenvalue weighted by atomic mass is 9.81.